The molecule has 1 aliphatic rings. The van der Waals surface area contributed by atoms with Crippen molar-refractivity contribution >= 4 is 5.69 Å². The Balaban J connectivity index is 1.97. The van der Waals surface area contributed by atoms with E-state index in [0.717, 1.165) is 23.8 Å². The van der Waals surface area contributed by atoms with Crippen LogP contribution in [0.5, 0.6) is 5.75 Å². The van der Waals surface area contributed by atoms with Crippen molar-refractivity contribution in [3.05, 3.63) is 24.3 Å². The van der Waals surface area contributed by atoms with E-state index in [9.17, 15) is 0 Å². The third-order valence-electron chi connectivity index (χ3n) is 3.12. The quantitative estimate of drug-likeness (QED) is 0.816. The highest BCUT2D eigenvalue weighted by Gasteiger charge is 2.29. The topological polar surface area (TPSA) is 45.0 Å². The summed E-state index contributed by atoms with van der Waals surface area (Å²) in [4.78, 5) is 0. The van der Waals surface area contributed by atoms with E-state index in [0.29, 0.717) is 6.04 Å². The fraction of sp³-hybridized carbons (Fsp3) is 0.500. The Morgan fingerprint density at radius 3 is 3.00 bits per heavy atom. The molecule has 0 saturated heterocycles. The van der Waals surface area contributed by atoms with Gasteiger partial charge in [0.25, 0.3) is 0 Å². The normalized spacial score (nSPS) is 16.0. The minimum Gasteiger partial charge on any atom is -0.479 e. The molecule has 1 aromatic carbocycles. The van der Waals surface area contributed by atoms with Crippen LogP contribution in [0.1, 0.15) is 26.2 Å². The van der Waals surface area contributed by atoms with Gasteiger partial charge >= 0.3 is 0 Å². The molecular formula is C14H18N2O. The average molecular weight is 230 g/mol. The third-order valence-corrected chi connectivity index (χ3v) is 3.12. The number of nitrogens with zero attached hydrogens (tertiary/aromatic N) is 1. The average Bonchev–Trinajstić information content (AvgIpc) is 3.18. The van der Waals surface area contributed by atoms with Crippen molar-refractivity contribution < 1.29 is 4.74 Å². The molecule has 0 radical (unpaired) electrons. The molecule has 0 bridgehead atoms. The summed E-state index contributed by atoms with van der Waals surface area (Å²) in [5.74, 6) is 1.59. The first-order chi connectivity index (χ1) is 8.33. The lowest BCUT2D eigenvalue weighted by Crippen LogP contribution is -2.20. The molecule has 1 N–H and O–H groups in total. The first-order valence-electron chi connectivity index (χ1n) is 6.20. The first-order valence-corrected chi connectivity index (χ1v) is 6.20. The number of nitrogens with one attached hydrogen (secondary N) is 1. The van der Waals surface area contributed by atoms with E-state index in [4.69, 9.17) is 10.00 Å². The second-order valence-corrected chi connectivity index (χ2v) is 4.47. The van der Waals surface area contributed by atoms with Gasteiger partial charge in [0.05, 0.1) is 0 Å². The van der Waals surface area contributed by atoms with E-state index in [1.54, 1.807) is 0 Å². The molecule has 3 heteroatoms. The van der Waals surface area contributed by atoms with E-state index >= 15 is 0 Å². The Morgan fingerprint density at radius 1 is 1.53 bits per heavy atom. The molecule has 1 fully saturated rings. The van der Waals surface area contributed by atoms with E-state index in [1.807, 2.05) is 30.3 Å². The summed E-state index contributed by atoms with van der Waals surface area (Å²) in [5.41, 5.74) is 1.08. The number of nitriles is 1. The molecule has 1 unspecified atom stereocenters. The van der Waals surface area contributed by atoms with Crippen LogP contribution >= 0.6 is 0 Å². The molecule has 1 aliphatic carbocycles. The van der Waals surface area contributed by atoms with Gasteiger partial charge < -0.3 is 10.1 Å². The summed E-state index contributed by atoms with van der Waals surface area (Å²) in [6, 6.07) is 10.4. The molecule has 0 aliphatic heterocycles. The zero-order valence-electron chi connectivity index (χ0n) is 10.1. The zero-order valence-corrected chi connectivity index (χ0v) is 10.1. The van der Waals surface area contributed by atoms with E-state index in [-0.39, 0.29) is 6.61 Å². The standard InChI is InChI=1S/C14H18N2O/c1-2-14(11-6-7-11)16-12-4-3-5-13(10-12)17-9-8-15/h3-5,10-11,14,16H,2,6-7,9H2,1H3. The number of rotatable bonds is 6. The van der Waals surface area contributed by atoms with Crippen molar-refractivity contribution in [2.45, 2.75) is 32.2 Å². The molecule has 90 valence electrons. The number of anilines is 1. The second-order valence-electron chi connectivity index (χ2n) is 4.47. The Kier molecular flexibility index (Phi) is 3.87. The van der Waals surface area contributed by atoms with Crippen LogP contribution in [0.25, 0.3) is 0 Å². The highest BCUT2D eigenvalue weighted by atomic mass is 16.5. The molecule has 0 aromatic heterocycles. The number of benzene rings is 1. The van der Waals surface area contributed by atoms with Gasteiger partial charge in [-0.05, 0) is 37.3 Å². The zero-order chi connectivity index (χ0) is 12.1. The maximum atomic E-state index is 8.47. The minimum absolute atomic E-state index is 0.100. The van der Waals surface area contributed by atoms with Gasteiger partial charge in [-0.2, -0.15) is 5.26 Å². The van der Waals surface area contributed by atoms with Gasteiger partial charge in [0, 0.05) is 17.8 Å². The van der Waals surface area contributed by atoms with Gasteiger partial charge in [-0.1, -0.05) is 13.0 Å². The molecule has 3 nitrogen and oxygen atoms in total. The summed E-state index contributed by atoms with van der Waals surface area (Å²) in [6.45, 7) is 2.31. The van der Waals surface area contributed by atoms with Crippen LogP contribution in [0.15, 0.2) is 24.3 Å². The smallest absolute Gasteiger partial charge is 0.174 e. The maximum Gasteiger partial charge on any atom is 0.174 e. The fourth-order valence-electron chi connectivity index (χ4n) is 2.06. The van der Waals surface area contributed by atoms with Crippen molar-refractivity contribution in [3.63, 3.8) is 0 Å². The van der Waals surface area contributed by atoms with E-state index in [1.165, 1.54) is 12.8 Å². The van der Waals surface area contributed by atoms with Gasteiger partial charge in [-0.3, -0.25) is 0 Å². The summed E-state index contributed by atoms with van der Waals surface area (Å²) in [6.07, 6.45) is 3.83. The third kappa shape index (κ3) is 3.39. The number of ether oxygens (including phenoxy) is 1. The van der Waals surface area contributed by atoms with E-state index in [2.05, 4.69) is 12.2 Å². The SMILES string of the molecule is CCC(Nc1cccc(OCC#N)c1)C1CC1. The molecule has 0 spiro atoms. The predicted molar refractivity (Wildman–Crippen MR) is 68.0 cm³/mol. The molecule has 0 heterocycles. The molecular weight excluding hydrogens is 212 g/mol. The molecule has 1 aromatic rings. The lowest BCUT2D eigenvalue weighted by Gasteiger charge is -2.18. The summed E-state index contributed by atoms with van der Waals surface area (Å²) < 4.78 is 5.29. The second kappa shape index (κ2) is 5.58. The van der Waals surface area contributed by atoms with E-state index < -0.39 is 0 Å². The Bertz CT molecular complexity index is 407. The van der Waals surface area contributed by atoms with Crippen LogP contribution < -0.4 is 10.1 Å². The van der Waals surface area contributed by atoms with Crippen LogP contribution in [-0.4, -0.2) is 12.6 Å². The number of hydrogen-bond acceptors (Lipinski definition) is 3. The van der Waals surface area contributed by atoms with Crippen LogP contribution in [-0.2, 0) is 0 Å². The fourth-order valence-corrected chi connectivity index (χ4v) is 2.06. The Hall–Kier alpha value is -1.69. The lowest BCUT2D eigenvalue weighted by molar-refractivity contribution is 0.368. The molecule has 0 amide bonds. The first kappa shape index (κ1) is 11.8. The van der Waals surface area contributed by atoms with Crippen molar-refractivity contribution in [2.24, 2.45) is 5.92 Å². The van der Waals surface area contributed by atoms with Crippen molar-refractivity contribution in [2.75, 3.05) is 11.9 Å². The number of hydrogen-bond donors (Lipinski definition) is 1. The predicted octanol–water partition coefficient (Wildman–Crippen LogP) is 3.19. The molecule has 17 heavy (non-hydrogen) atoms. The van der Waals surface area contributed by atoms with Gasteiger partial charge in [0.15, 0.2) is 6.61 Å². The minimum atomic E-state index is 0.100. The molecule has 2 rings (SSSR count). The van der Waals surface area contributed by atoms with Crippen LogP contribution in [0, 0.1) is 17.2 Å². The van der Waals surface area contributed by atoms with Gasteiger partial charge in [-0.25, -0.2) is 0 Å². The Morgan fingerprint density at radius 2 is 2.35 bits per heavy atom. The van der Waals surface area contributed by atoms with Gasteiger partial charge in [0.1, 0.15) is 11.8 Å². The lowest BCUT2D eigenvalue weighted by atomic mass is 10.1. The highest BCUT2D eigenvalue weighted by molar-refractivity contribution is 5.49. The monoisotopic (exact) mass is 230 g/mol. The molecule has 1 atom stereocenters. The maximum absolute atomic E-state index is 8.47. The van der Waals surface area contributed by atoms with Crippen molar-refractivity contribution in [1.82, 2.24) is 0 Å². The van der Waals surface area contributed by atoms with Crippen molar-refractivity contribution in [3.8, 4) is 11.8 Å². The van der Waals surface area contributed by atoms with Gasteiger partial charge in [0.2, 0.25) is 0 Å². The highest BCUT2D eigenvalue weighted by Crippen LogP contribution is 2.35. The Labute approximate surface area is 102 Å². The van der Waals surface area contributed by atoms with Crippen molar-refractivity contribution in [1.29, 1.82) is 5.26 Å². The van der Waals surface area contributed by atoms with Gasteiger partial charge in [-0.15, -0.1) is 0 Å². The largest absolute Gasteiger partial charge is 0.479 e. The summed E-state index contributed by atoms with van der Waals surface area (Å²) >= 11 is 0. The summed E-state index contributed by atoms with van der Waals surface area (Å²) in [7, 11) is 0. The van der Waals surface area contributed by atoms with Crippen LogP contribution in [0.4, 0.5) is 5.69 Å². The molecule has 1 saturated carbocycles. The summed E-state index contributed by atoms with van der Waals surface area (Å²) in [5, 5.41) is 12.0. The van der Waals surface area contributed by atoms with Crippen LogP contribution in [0.2, 0.25) is 0 Å². The van der Waals surface area contributed by atoms with Crippen LogP contribution in [0.3, 0.4) is 0 Å².